The molecule has 6 rings (SSSR count). The summed E-state index contributed by atoms with van der Waals surface area (Å²) in [6.45, 7) is 0. The van der Waals surface area contributed by atoms with Crippen molar-refractivity contribution in [1.29, 1.82) is 0 Å². The molecule has 0 heterocycles. The summed E-state index contributed by atoms with van der Waals surface area (Å²) in [5.74, 6) is 0.211. The first kappa shape index (κ1) is 19.9. The summed E-state index contributed by atoms with van der Waals surface area (Å²) in [4.78, 5) is 24.5. The Hall–Kier alpha value is -3.02. The van der Waals surface area contributed by atoms with Crippen molar-refractivity contribution in [2.75, 3.05) is 7.11 Å². The molecule has 31 heavy (non-hydrogen) atoms. The van der Waals surface area contributed by atoms with E-state index in [0.717, 1.165) is 24.8 Å². The fourth-order valence-corrected chi connectivity index (χ4v) is 6.58. The van der Waals surface area contributed by atoms with Crippen LogP contribution in [0.5, 0.6) is 17.2 Å². The zero-order valence-electron chi connectivity index (χ0n) is 17.5. The normalized spacial score (nSPS) is 28.4. The van der Waals surface area contributed by atoms with Gasteiger partial charge in [-0.05, 0) is 92.0 Å². The van der Waals surface area contributed by atoms with Crippen LogP contribution in [-0.2, 0) is 5.41 Å². The monoisotopic (exact) mass is 422 g/mol. The minimum absolute atomic E-state index is 0.00247. The van der Waals surface area contributed by atoms with Crippen LogP contribution in [0.2, 0.25) is 0 Å². The van der Waals surface area contributed by atoms with Gasteiger partial charge in [0, 0.05) is 5.56 Å². The molecule has 2 aromatic rings. The van der Waals surface area contributed by atoms with Crippen LogP contribution in [0.1, 0.15) is 64.8 Å². The summed E-state index contributed by atoms with van der Waals surface area (Å²) < 4.78 is 10.9. The number of carbonyl (C=O) groups excluding carboxylic acids is 1. The molecule has 0 aliphatic heterocycles. The van der Waals surface area contributed by atoms with Crippen LogP contribution >= 0.6 is 0 Å². The van der Waals surface area contributed by atoms with Crippen molar-refractivity contribution in [2.24, 2.45) is 17.8 Å². The Labute approximate surface area is 180 Å². The topological polar surface area (TPSA) is 93.1 Å². The Morgan fingerprint density at radius 2 is 1.52 bits per heavy atom. The molecule has 4 aliphatic rings. The second-order valence-electron chi connectivity index (χ2n) is 9.46. The minimum Gasteiger partial charge on any atom is -0.504 e. The van der Waals surface area contributed by atoms with Gasteiger partial charge in [-0.3, -0.25) is 0 Å². The maximum absolute atomic E-state index is 12.9. The quantitative estimate of drug-likeness (QED) is 0.532. The number of carbonyl (C=O) groups is 2. The van der Waals surface area contributed by atoms with Crippen LogP contribution in [0.25, 0.3) is 0 Å². The molecular weight excluding hydrogens is 396 g/mol. The number of rotatable bonds is 5. The number of carboxylic acids is 1. The first-order valence-electron chi connectivity index (χ1n) is 10.8. The molecular formula is C25H26O6. The van der Waals surface area contributed by atoms with Gasteiger partial charge in [0.05, 0.1) is 12.7 Å². The van der Waals surface area contributed by atoms with Crippen molar-refractivity contribution in [3.05, 3.63) is 53.1 Å². The van der Waals surface area contributed by atoms with Crippen LogP contribution in [0.15, 0.2) is 36.4 Å². The van der Waals surface area contributed by atoms with Gasteiger partial charge in [0.15, 0.2) is 11.5 Å². The highest BCUT2D eigenvalue weighted by molar-refractivity contribution is 5.95. The Morgan fingerprint density at radius 1 is 0.935 bits per heavy atom. The molecule has 2 aromatic carbocycles. The third-order valence-corrected chi connectivity index (χ3v) is 7.49. The number of hydrogen-bond acceptors (Lipinski definition) is 5. The molecule has 162 valence electrons. The molecule has 0 spiro atoms. The molecule has 0 amide bonds. The summed E-state index contributed by atoms with van der Waals surface area (Å²) in [5.41, 5.74) is 0.651. The number of phenols is 1. The highest BCUT2D eigenvalue weighted by atomic mass is 16.5. The predicted octanol–water partition coefficient (Wildman–Crippen LogP) is 4.79. The SMILES string of the molecule is COc1ccc(C(=O)Oc2c(C34CC5CC(CC(C5)C3)C4)ccc(C(=O)O)c2O)cc1. The van der Waals surface area contributed by atoms with E-state index in [1.165, 1.54) is 25.3 Å². The smallest absolute Gasteiger partial charge is 0.343 e. The number of aromatic hydroxyl groups is 1. The van der Waals surface area contributed by atoms with Crippen molar-refractivity contribution in [3.63, 3.8) is 0 Å². The second kappa shape index (κ2) is 7.29. The Balaban J connectivity index is 1.55. The molecule has 4 bridgehead atoms. The van der Waals surface area contributed by atoms with Gasteiger partial charge in [0.1, 0.15) is 11.3 Å². The van der Waals surface area contributed by atoms with Crippen LogP contribution in [0.3, 0.4) is 0 Å². The van der Waals surface area contributed by atoms with Gasteiger partial charge in [-0.1, -0.05) is 6.07 Å². The van der Waals surface area contributed by atoms with Crippen LogP contribution in [-0.4, -0.2) is 29.3 Å². The maximum atomic E-state index is 12.9. The molecule has 4 fully saturated rings. The third-order valence-electron chi connectivity index (χ3n) is 7.49. The van der Waals surface area contributed by atoms with E-state index in [0.29, 0.717) is 29.1 Å². The Bertz CT molecular complexity index is 1000. The number of methoxy groups -OCH3 is 1. The molecule has 0 atom stereocenters. The zero-order chi connectivity index (χ0) is 21.8. The van der Waals surface area contributed by atoms with Crippen molar-refractivity contribution >= 4 is 11.9 Å². The predicted molar refractivity (Wildman–Crippen MR) is 113 cm³/mol. The summed E-state index contributed by atoms with van der Waals surface area (Å²) in [5, 5.41) is 20.4. The first-order valence-corrected chi connectivity index (χ1v) is 10.8. The number of carboxylic acid groups (broad SMARTS) is 1. The minimum atomic E-state index is -1.25. The van der Waals surface area contributed by atoms with Gasteiger partial charge in [0.2, 0.25) is 0 Å². The zero-order valence-corrected chi connectivity index (χ0v) is 17.5. The largest absolute Gasteiger partial charge is 0.504 e. The standard InChI is InChI=1S/C25H26O6/c1-30-18-4-2-17(3-5-18)24(29)31-22-20(7-6-19(21(22)26)23(27)28)25-11-14-8-15(12-25)10-16(9-14)13-25/h2-7,14-16,26H,8-13H2,1H3,(H,27,28). The molecule has 0 unspecified atom stereocenters. The fourth-order valence-electron chi connectivity index (χ4n) is 6.58. The first-order chi connectivity index (χ1) is 14.9. The molecule has 4 aliphatic carbocycles. The summed E-state index contributed by atoms with van der Waals surface area (Å²) in [6.07, 6.45) is 6.74. The maximum Gasteiger partial charge on any atom is 0.343 e. The van der Waals surface area contributed by atoms with Crippen molar-refractivity contribution < 1.29 is 29.3 Å². The van der Waals surface area contributed by atoms with Gasteiger partial charge >= 0.3 is 11.9 Å². The van der Waals surface area contributed by atoms with Crippen molar-refractivity contribution in [3.8, 4) is 17.2 Å². The van der Waals surface area contributed by atoms with Gasteiger partial charge in [0.25, 0.3) is 0 Å². The van der Waals surface area contributed by atoms with Gasteiger partial charge in [-0.15, -0.1) is 0 Å². The average Bonchev–Trinajstić information content (AvgIpc) is 2.73. The molecule has 0 aromatic heterocycles. The van der Waals surface area contributed by atoms with Crippen molar-refractivity contribution in [2.45, 2.75) is 43.9 Å². The Kier molecular flexibility index (Phi) is 4.68. The van der Waals surface area contributed by atoms with E-state index < -0.39 is 17.7 Å². The lowest BCUT2D eigenvalue weighted by atomic mass is 9.48. The van der Waals surface area contributed by atoms with E-state index in [1.54, 1.807) is 37.4 Å². The van der Waals surface area contributed by atoms with E-state index in [4.69, 9.17) is 9.47 Å². The molecule has 6 nitrogen and oxygen atoms in total. The lowest BCUT2D eigenvalue weighted by Gasteiger charge is -2.57. The highest BCUT2D eigenvalue weighted by Gasteiger charge is 2.53. The van der Waals surface area contributed by atoms with E-state index >= 15 is 0 Å². The van der Waals surface area contributed by atoms with E-state index in [2.05, 4.69) is 0 Å². The van der Waals surface area contributed by atoms with E-state index in [-0.39, 0.29) is 16.7 Å². The lowest BCUT2D eigenvalue weighted by Crippen LogP contribution is -2.48. The summed E-state index contributed by atoms with van der Waals surface area (Å²) >= 11 is 0. The van der Waals surface area contributed by atoms with Gasteiger partial charge in [-0.25, -0.2) is 9.59 Å². The number of ether oxygens (including phenoxy) is 2. The third kappa shape index (κ3) is 3.34. The summed E-state index contributed by atoms with van der Waals surface area (Å²) in [7, 11) is 1.54. The molecule has 6 heteroatoms. The molecule has 0 radical (unpaired) electrons. The molecule has 2 N–H and O–H groups in total. The van der Waals surface area contributed by atoms with Gasteiger partial charge < -0.3 is 19.7 Å². The summed E-state index contributed by atoms with van der Waals surface area (Å²) in [6, 6.07) is 9.69. The van der Waals surface area contributed by atoms with E-state index in [9.17, 15) is 19.8 Å². The number of esters is 1. The molecule has 0 saturated heterocycles. The van der Waals surface area contributed by atoms with Gasteiger partial charge in [-0.2, -0.15) is 0 Å². The lowest BCUT2D eigenvalue weighted by molar-refractivity contribution is -0.00639. The van der Waals surface area contributed by atoms with Crippen molar-refractivity contribution in [1.82, 2.24) is 0 Å². The van der Waals surface area contributed by atoms with E-state index in [1.807, 2.05) is 0 Å². The average molecular weight is 422 g/mol. The molecule has 4 saturated carbocycles. The number of hydrogen-bond donors (Lipinski definition) is 2. The highest BCUT2D eigenvalue weighted by Crippen LogP contribution is 2.62. The van der Waals surface area contributed by atoms with Crippen LogP contribution in [0, 0.1) is 17.8 Å². The second-order valence-corrected chi connectivity index (χ2v) is 9.46. The fraction of sp³-hybridized carbons (Fsp3) is 0.440. The Morgan fingerprint density at radius 3 is 2.03 bits per heavy atom. The van der Waals surface area contributed by atoms with Crippen LogP contribution < -0.4 is 9.47 Å². The van der Waals surface area contributed by atoms with Crippen LogP contribution in [0.4, 0.5) is 0 Å². The number of benzene rings is 2. The number of aromatic carboxylic acids is 1.